The second-order valence-corrected chi connectivity index (χ2v) is 6.67. The molecule has 2 atom stereocenters. The van der Waals surface area contributed by atoms with Gasteiger partial charge in [-0.3, -0.25) is 9.59 Å². The van der Waals surface area contributed by atoms with Gasteiger partial charge in [0.2, 0.25) is 5.91 Å². The molecular formula is C18H26N2O3. The van der Waals surface area contributed by atoms with Crippen molar-refractivity contribution in [2.75, 3.05) is 13.1 Å². The van der Waals surface area contributed by atoms with E-state index in [9.17, 15) is 9.59 Å². The first-order chi connectivity index (χ1) is 11.3. The van der Waals surface area contributed by atoms with Crippen LogP contribution in [0.5, 0.6) is 0 Å². The highest BCUT2D eigenvalue weighted by Crippen LogP contribution is 2.30. The van der Waals surface area contributed by atoms with Crippen LogP contribution in [0.4, 0.5) is 0 Å². The maximum absolute atomic E-state index is 12.9. The molecule has 0 aromatic carbocycles. The standard InChI is InChI=1S/C18H26N2O3/c21-17-15-7-3-4-8-16(15)20(11-6-2-1-5-10-19-17)18(22)14-9-12-23-13-14/h9,12-13,15-16H,1-8,10-11H2,(H,19,21). The van der Waals surface area contributed by atoms with E-state index in [4.69, 9.17) is 4.42 Å². The number of carbonyl (C=O) groups is 2. The van der Waals surface area contributed by atoms with E-state index in [2.05, 4.69) is 5.32 Å². The summed E-state index contributed by atoms with van der Waals surface area (Å²) >= 11 is 0. The fraction of sp³-hybridized carbons (Fsp3) is 0.667. The van der Waals surface area contributed by atoms with E-state index in [-0.39, 0.29) is 23.8 Å². The van der Waals surface area contributed by atoms with Gasteiger partial charge in [-0.05, 0) is 31.7 Å². The fourth-order valence-electron chi connectivity index (χ4n) is 3.86. The number of fused-ring (bicyclic) bond motifs is 1. The number of furan rings is 1. The molecule has 1 aliphatic heterocycles. The number of hydrogen-bond acceptors (Lipinski definition) is 3. The normalized spacial score (nSPS) is 26.8. The van der Waals surface area contributed by atoms with Crippen LogP contribution in [-0.4, -0.2) is 35.8 Å². The first kappa shape index (κ1) is 16.1. The Morgan fingerprint density at radius 2 is 1.96 bits per heavy atom. The first-order valence-electron chi connectivity index (χ1n) is 8.88. The highest BCUT2D eigenvalue weighted by Gasteiger charge is 2.37. The van der Waals surface area contributed by atoms with Gasteiger partial charge in [0.1, 0.15) is 6.26 Å². The third-order valence-corrected chi connectivity index (χ3v) is 5.12. The van der Waals surface area contributed by atoms with E-state index in [1.54, 1.807) is 6.07 Å². The van der Waals surface area contributed by atoms with Crippen LogP contribution >= 0.6 is 0 Å². The largest absolute Gasteiger partial charge is 0.472 e. The van der Waals surface area contributed by atoms with Crippen molar-refractivity contribution in [3.63, 3.8) is 0 Å². The van der Waals surface area contributed by atoms with Crippen molar-refractivity contribution >= 4 is 11.8 Å². The summed E-state index contributed by atoms with van der Waals surface area (Å²) in [5.74, 6) is 0.0574. The molecule has 1 aromatic rings. The summed E-state index contributed by atoms with van der Waals surface area (Å²) in [5, 5.41) is 3.08. The zero-order valence-electron chi connectivity index (χ0n) is 13.6. The van der Waals surface area contributed by atoms with Gasteiger partial charge < -0.3 is 14.6 Å². The first-order valence-corrected chi connectivity index (χ1v) is 8.88. The summed E-state index contributed by atoms with van der Waals surface area (Å²) in [6.07, 6.45) is 11.2. The van der Waals surface area contributed by atoms with Gasteiger partial charge in [0.25, 0.3) is 5.91 Å². The van der Waals surface area contributed by atoms with Crippen molar-refractivity contribution in [2.24, 2.45) is 5.92 Å². The fourth-order valence-corrected chi connectivity index (χ4v) is 3.86. The number of nitrogens with zero attached hydrogens (tertiary/aromatic N) is 1. The van der Waals surface area contributed by atoms with Gasteiger partial charge in [-0.15, -0.1) is 0 Å². The lowest BCUT2D eigenvalue weighted by molar-refractivity contribution is -0.128. The van der Waals surface area contributed by atoms with Crippen molar-refractivity contribution in [1.82, 2.24) is 10.2 Å². The van der Waals surface area contributed by atoms with Crippen molar-refractivity contribution in [3.8, 4) is 0 Å². The molecular weight excluding hydrogens is 292 g/mol. The Morgan fingerprint density at radius 1 is 1.13 bits per heavy atom. The number of hydrogen-bond donors (Lipinski definition) is 1. The van der Waals surface area contributed by atoms with Crippen LogP contribution in [0.3, 0.4) is 0 Å². The minimum atomic E-state index is -0.0716. The molecule has 3 rings (SSSR count). The average molecular weight is 318 g/mol. The SMILES string of the molecule is O=C1NCCCCCCN(C(=O)c2ccoc2)C2CCCCC12. The lowest BCUT2D eigenvalue weighted by atomic mass is 9.82. The predicted molar refractivity (Wildman–Crippen MR) is 87.0 cm³/mol. The molecule has 2 unspecified atom stereocenters. The molecule has 0 radical (unpaired) electrons. The highest BCUT2D eigenvalue weighted by molar-refractivity contribution is 5.94. The zero-order valence-corrected chi connectivity index (χ0v) is 13.6. The monoisotopic (exact) mass is 318 g/mol. The molecule has 0 bridgehead atoms. The Kier molecular flexibility index (Phi) is 5.36. The van der Waals surface area contributed by atoms with Crippen molar-refractivity contribution in [3.05, 3.63) is 24.2 Å². The Labute approximate surface area is 137 Å². The van der Waals surface area contributed by atoms with E-state index in [0.29, 0.717) is 5.56 Å². The van der Waals surface area contributed by atoms with Gasteiger partial charge in [-0.2, -0.15) is 0 Å². The number of nitrogens with one attached hydrogen (secondary N) is 1. The van der Waals surface area contributed by atoms with E-state index >= 15 is 0 Å². The molecule has 1 aromatic heterocycles. The van der Waals surface area contributed by atoms with Gasteiger partial charge in [0.15, 0.2) is 0 Å². The molecule has 2 fully saturated rings. The Balaban J connectivity index is 1.85. The quantitative estimate of drug-likeness (QED) is 0.866. The lowest BCUT2D eigenvalue weighted by Crippen LogP contribution is -2.51. The summed E-state index contributed by atoms with van der Waals surface area (Å²) in [6.45, 7) is 1.50. The molecule has 23 heavy (non-hydrogen) atoms. The predicted octanol–water partition coefficient (Wildman–Crippen LogP) is 2.97. The Hall–Kier alpha value is -1.78. The van der Waals surface area contributed by atoms with Crippen LogP contribution in [-0.2, 0) is 4.79 Å². The summed E-state index contributed by atoms with van der Waals surface area (Å²) in [4.78, 5) is 27.4. The molecule has 1 aliphatic carbocycles. The molecule has 2 heterocycles. The number of amides is 2. The van der Waals surface area contributed by atoms with Gasteiger partial charge in [-0.1, -0.05) is 25.7 Å². The van der Waals surface area contributed by atoms with Gasteiger partial charge in [-0.25, -0.2) is 0 Å². The topological polar surface area (TPSA) is 62.6 Å². The maximum atomic E-state index is 12.9. The zero-order chi connectivity index (χ0) is 16.1. The van der Waals surface area contributed by atoms with E-state index in [1.807, 2.05) is 4.90 Å². The third-order valence-electron chi connectivity index (χ3n) is 5.12. The highest BCUT2D eigenvalue weighted by atomic mass is 16.3. The molecule has 2 amide bonds. The molecule has 5 nitrogen and oxygen atoms in total. The van der Waals surface area contributed by atoms with Crippen molar-refractivity contribution in [1.29, 1.82) is 0 Å². The summed E-state index contributed by atoms with van der Waals surface area (Å²) in [5.41, 5.74) is 0.588. The van der Waals surface area contributed by atoms with Crippen LogP contribution in [0.25, 0.3) is 0 Å². The summed E-state index contributed by atoms with van der Waals surface area (Å²) < 4.78 is 5.08. The molecule has 1 N–H and O–H groups in total. The number of rotatable bonds is 1. The molecule has 0 spiro atoms. The number of carbonyl (C=O) groups excluding carboxylic acids is 2. The van der Waals surface area contributed by atoms with E-state index in [1.165, 1.54) is 12.5 Å². The molecule has 5 heteroatoms. The van der Waals surface area contributed by atoms with Crippen molar-refractivity contribution < 1.29 is 14.0 Å². The second-order valence-electron chi connectivity index (χ2n) is 6.67. The van der Waals surface area contributed by atoms with Gasteiger partial charge >= 0.3 is 0 Å². The second kappa shape index (κ2) is 7.66. The van der Waals surface area contributed by atoms with Gasteiger partial charge in [0, 0.05) is 19.1 Å². The van der Waals surface area contributed by atoms with Crippen LogP contribution in [0, 0.1) is 5.92 Å². The average Bonchev–Trinajstić information content (AvgIpc) is 3.10. The van der Waals surface area contributed by atoms with Crippen LogP contribution in [0.2, 0.25) is 0 Å². The molecule has 126 valence electrons. The Bertz CT molecular complexity index is 526. The minimum Gasteiger partial charge on any atom is -0.472 e. The van der Waals surface area contributed by atoms with Crippen LogP contribution in [0.1, 0.15) is 61.7 Å². The smallest absolute Gasteiger partial charge is 0.257 e. The van der Waals surface area contributed by atoms with Crippen LogP contribution < -0.4 is 5.32 Å². The third kappa shape index (κ3) is 3.77. The minimum absolute atomic E-state index is 0.00250. The van der Waals surface area contributed by atoms with E-state index < -0.39 is 0 Å². The van der Waals surface area contributed by atoms with E-state index in [0.717, 1.165) is 64.5 Å². The summed E-state index contributed by atoms with van der Waals surface area (Å²) in [7, 11) is 0. The van der Waals surface area contributed by atoms with Gasteiger partial charge in [0.05, 0.1) is 17.7 Å². The van der Waals surface area contributed by atoms with Crippen molar-refractivity contribution in [2.45, 2.75) is 57.4 Å². The maximum Gasteiger partial charge on any atom is 0.257 e. The Morgan fingerprint density at radius 3 is 2.78 bits per heavy atom. The molecule has 2 aliphatic rings. The summed E-state index contributed by atoms with van der Waals surface area (Å²) in [6, 6.07) is 1.73. The lowest BCUT2D eigenvalue weighted by Gasteiger charge is -2.39. The molecule has 1 saturated carbocycles. The van der Waals surface area contributed by atoms with Crippen LogP contribution in [0.15, 0.2) is 23.0 Å². The molecule has 1 saturated heterocycles.